The van der Waals surface area contributed by atoms with E-state index in [1.165, 1.54) is 18.4 Å². The van der Waals surface area contributed by atoms with Crippen LogP contribution < -0.4 is 5.32 Å². The van der Waals surface area contributed by atoms with Crippen molar-refractivity contribution in [3.63, 3.8) is 0 Å². The van der Waals surface area contributed by atoms with Crippen LogP contribution in [0.5, 0.6) is 0 Å². The molecule has 1 N–H and O–H groups in total. The highest BCUT2D eigenvalue weighted by Gasteiger charge is 2.28. The number of nitrogens with one attached hydrogen (secondary N) is 1. The molecular weight excluding hydrogens is 373 g/mol. The number of hydrogen-bond acceptors (Lipinski definition) is 1. The summed E-state index contributed by atoms with van der Waals surface area (Å²) in [4.78, 5) is 12.4. The van der Waals surface area contributed by atoms with E-state index in [1.807, 2.05) is 18.2 Å². The van der Waals surface area contributed by atoms with Crippen LogP contribution in [0.15, 0.2) is 30.3 Å². The first-order chi connectivity index (χ1) is 10.1. The summed E-state index contributed by atoms with van der Waals surface area (Å²) >= 11 is 2.34. The summed E-state index contributed by atoms with van der Waals surface area (Å²) in [7, 11) is 0. The fraction of sp³-hybridized carbons (Fsp3) is 0.611. The van der Waals surface area contributed by atoms with Gasteiger partial charge in [-0.3, -0.25) is 4.79 Å². The molecule has 1 fully saturated rings. The topological polar surface area (TPSA) is 29.1 Å². The minimum Gasteiger partial charge on any atom is -0.344 e. The summed E-state index contributed by atoms with van der Waals surface area (Å²) in [6.45, 7) is 4.59. The smallest absolute Gasteiger partial charge is 0.223 e. The number of hydrogen-bond donors (Lipinski definition) is 1. The van der Waals surface area contributed by atoms with Gasteiger partial charge in [0.15, 0.2) is 0 Å². The van der Waals surface area contributed by atoms with Gasteiger partial charge in [0.25, 0.3) is 0 Å². The van der Waals surface area contributed by atoms with E-state index in [9.17, 15) is 4.79 Å². The Balaban J connectivity index is 1.77. The van der Waals surface area contributed by atoms with Crippen molar-refractivity contribution in [2.45, 2.75) is 50.0 Å². The molecule has 0 spiro atoms. The molecule has 3 heteroatoms. The summed E-state index contributed by atoms with van der Waals surface area (Å²) in [6, 6.07) is 10.4. The molecule has 1 aromatic rings. The molecule has 2 rings (SSSR count). The molecule has 1 atom stereocenters. The maximum atomic E-state index is 12.4. The number of carbonyl (C=O) groups excluding carboxylic acids is 1. The van der Waals surface area contributed by atoms with Crippen LogP contribution in [0.3, 0.4) is 0 Å². The highest BCUT2D eigenvalue weighted by atomic mass is 127. The largest absolute Gasteiger partial charge is 0.344 e. The molecule has 1 unspecified atom stereocenters. The average Bonchev–Trinajstić information content (AvgIpc) is 2.48. The molecule has 0 heterocycles. The zero-order valence-corrected chi connectivity index (χ0v) is 15.2. The Morgan fingerprint density at radius 1 is 1.19 bits per heavy atom. The monoisotopic (exact) mass is 399 g/mol. The van der Waals surface area contributed by atoms with Crippen molar-refractivity contribution in [3.05, 3.63) is 35.9 Å². The normalized spacial score (nSPS) is 23.8. The van der Waals surface area contributed by atoms with Gasteiger partial charge in [0.2, 0.25) is 5.91 Å². The van der Waals surface area contributed by atoms with Crippen LogP contribution in [0.4, 0.5) is 0 Å². The predicted molar refractivity (Wildman–Crippen MR) is 96.4 cm³/mol. The van der Waals surface area contributed by atoms with Gasteiger partial charge in [-0.2, -0.15) is 0 Å². The fourth-order valence-electron chi connectivity index (χ4n) is 3.19. The molecule has 0 bridgehead atoms. The standard InChI is InChI=1S/C18H26INO/c1-13(2)15-8-10-16(11-9-15)18(21)20-17(19)12-14-6-4-3-5-7-14/h3-7,13,15-17H,8-12H2,1-2H3,(H,20,21). The third kappa shape index (κ3) is 5.28. The predicted octanol–water partition coefficient (Wildman–Crippen LogP) is 4.57. The van der Waals surface area contributed by atoms with Crippen LogP contribution in [-0.2, 0) is 11.2 Å². The van der Waals surface area contributed by atoms with E-state index < -0.39 is 0 Å². The Kier molecular flexibility index (Phi) is 6.52. The van der Waals surface area contributed by atoms with Crippen LogP contribution in [0, 0.1) is 17.8 Å². The van der Waals surface area contributed by atoms with Gasteiger partial charge in [-0.1, -0.05) is 66.8 Å². The van der Waals surface area contributed by atoms with Gasteiger partial charge in [-0.05, 0) is 43.1 Å². The minimum absolute atomic E-state index is 0.181. The first-order valence-electron chi connectivity index (χ1n) is 8.04. The highest BCUT2D eigenvalue weighted by molar-refractivity contribution is 14.1. The SMILES string of the molecule is CC(C)C1CCC(C(=O)NC(I)Cc2ccccc2)CC1. The van der Waals surface area contributed by atoms with Crippen LogP contribution in [0.2, 0.25) is 0 Å². The van der Waals surface area contributed by atoms with Gasteiger partial charge in [0, 0.05) is 12.3 Å². The second-order valence-corrected chi connectivity index (χ2v) is 8.03. The number of alkyl halides is 1. The second kappa shape index (κ2) is 8.16. The molecule has 1 aliphatic rings. The Hall–Kier alpha value is -0.580. The zero-order chi connectivity index (χ0) is 15.2. The molecule has 2 nitrogen and oxygen atoms in total. The van der Waals surface area contributed by atoms with Crippen molar-refractivity contribution in [3.8, 4) is 0 Å². The molecule has 0 aromatic heterocycles. The summed E-state index contributed by atoms with van der Waals surface area (Å²) < 4.78 is 0.181. The number of rotatable bonds is 5. The minimum atomic E-state index is 0.181. The Morgan fingerprint density at radius 3 is 2.38 bits per heavy atom. The first kappa shape index (κ1) is 16.8. The number of benzene rings is 1. The lowest BCUT2D eigenvalue weighted by molar-refractivity contribution is -0.126. The molecule has 21 heavy (non-hydrogen) atoms. The van der Waals surface area contributed by atoms with Gasteiger partial charge in [0.05, 0.1) is 4.05 Å². The molecule has 1 aliphatic carbocycles. The van der Waals surface area contributed by atoms with Crippen molar-refractivity contribution < 1.29 is 4.79 Å². The summed E-state index contributed by atoms with van der Waals surface area (Å²) in [5.74, 6) is 2.05. The summed E-state index contributed by atoms with van der Waals surface area (Å²) in [6.07, 6.45) is 5.43. The van der Waals surface area contributed by atoms with E-state index in [-0.39, 0.29) is 15.9 Å². The molecule has 1 aromatic carbocycles. The maximum Gasteiger partial charge on any atom is 0.223 e. The quantitative estimate of drug-likeness (QED) is 0.439. The van der Waals surface area contributed by atoms with E-state index in [0.717, 1.165) is 31.1 Å². The van der Waals surface area contributed by atoms with Crippen molar-refractivity contribution in [1.82, 2.24) is 5.32 Å². The Labute approximate surface area is 142 Å². The molecule has 0 radical (unpaired) electrons. The number of carbonyl (C=O) groups is 1. The van der Waals surface area contributed by atoms with Crippen LogP contribution in [0.25, 0.3) is 0 Å². The van der Waals surface area contributed by atoms with E-state index in [0.29, 0.717) is 0 Å². The van der Waals surface area contributed by atoms with Crippen LogP contribution in [-0.4, -0.2) is 9.96 Å². The fourth-order valence-corrected chi connectivity index (χ4v) is 4.01. The maximum absolute atomic E-state index is 12.4. The van der Waals surface area contributed by atoms with Crippen LogP contribution >= 0.6 is 22.6 Å². The molecule has 0 saturated heterocycles. The van der Waals surface area contributed by atoms with Gasteiger partial charge in [-0.25, -0.2) is 0 Å². The van der Waals surface area contributed by atoms with E-state index in [4.69, 9.17) is 0 Å². The molecule has 1 amide bonds. The average molecular weight is 399 g/mol. The molecule has 0 aliphatic heterocycles. The van der Waals surface area contributed by atoms with Crippen molar-refractivity contribution in [1.29, 1.82) is 0 Å². The highest BCUT2D eigenvalue weighted by Crippen LogP contribution is 2.33. The summed E-state index contributed by atoms with van der Waals surface area (Å²) in [5, 5.41) is 3.19. The number of amides is 1. The van der Waals surface area contributed by atoms with Gasteiger partial charge < -0.3 is 5.32 Å². The van der Waals surface area contributed by atoms with E-state index >= 15 is 0 Å². The lowest BCUT2D eigenvalue weighted by Gasteiger charge is -2.30. The third-order valence-corrected chi connectivity index (χ3v) is 5.39. The number of halogens is 1. The Morgan fingerprint density at radius 2 is 1.81 bits per heavy atom. The van der Waals surface area contributed by atoms with E-state index in [1.54, 1.807) is 0 Å². The van der Waals surface area contributed by atoms with Crippen molar-refractivity contribution in [2.24, 2.45) is 17.8 Å². The first-order valence-corrected chi connectivity index (χ1v) is 9.29. The zero-order valence-electron chi connectivity index (χ0n) is 13.0. The van der Waals surface area contributed by atoms with Gasteiger partial charge >= 0.3 is 0 Å². The molecule has 1 saturated carbocycles. The lowest BCUT2D eigenvalue weighted by atomic mass is 9.77. The van der Waals surface area contributed by atoms with Gasteiger partial charge in [0.1, 0.15) is 0 Å². The van der Waals surface area contributed by atoms with Crippen molar-refractivity contribution in [2.75, 3.05) is 0 Å². The van der Waals surface area contributed by atoms with E-state index in [2.05, 4.69) is 53.9 Å². The van der Waals surface area contributed by atoms with Crippen LogP contribution in [0.1, 0.15) is 45.1 Å². The molecule has 116 valence electrons. The third-order valence-electron chi connectivity index (χ3n) is 4.64. The Bertz CT molecular complexity index is 438. The van der Waals surface area contributed by atoms with Gasteiger partial charge in [-0.15, -0.1) is 0 Å². The second-order valence-electron chi connectivity index (χ2n) is 6.52. The van der Waals surface area contributed by atoms with Crippen molar-refractivity contribution >= 4 is 28.5 Å². The lowest BCUT2D eigenvalue weighted by Crippen LogP contribution is -2.38. The summed E-state index contributed by atoms with van der Waals surface area (Å²) in [5.41, 5.74) is 1.28. The molecular formula is C18H26INO.